The molecule has 0 aliphatic heterocycles. The van der Waals surface area contributed by atoms with Crippen LogP contribution in [0.5, 0.6) is 5.75 Å². The highest BCUT2D eigenvalue weighted by Crippen LogP contribution is 2.30. The number of benzene rings is 2. The first kappa shape index (κ1) is 24.5. The summed E-state index contributed by atoms with van der Waals surface area (Å²) in [5, 5.41) is 3.03. The number of carbonyl (C=O) groups excluding carboxylic acids is 1. The minimum atomic E-state index is -3.70. The van der Waals surface area contributed by atoms with E-state index >= 15 is 0 Å². The van der Waals surface area contributed by atoms with Gasteiger partial charge < -0.3 is 14.6 Å². The number of para-hydroxylation sites is 1. The fourth-order valence-electron chi connectivity index (χ4n) is 3.77. The molecule has 0 spiro atoms. The molecule has 33 heavy (non-hydrogen) atoms. The quantitative estimate of drug-likeness (QED) is 0.518. The average Bonchev–Trinajstić information content (AvgIpc) is 3.23. The zero-order valence-corrected chi connectivity index (χ0v) is 20.4. The summed E-state index contributed by atoms with van der Waals surface area (Å²) >= 11 is 0. The van der Waals surface area contributed by atoms with Crippen molar-refractivity contribution in [2.75, 3.05) is 20.2 Å². The molecule has 1 aromatic heterocycles. The fraction of sp³-hybridized carbons (Fsp3) is 0.333. The minimum absolute atomic E-state index is 0.0905. The number of ether oxygens (including phenoxy) is 1. The van der Waals surface area contributed by atoms with Crippen LogP contribution >= 0.6 is 0 Å². The first-order chi connectivity index (χ1) is 15.7. The molecule has 8 nitrogen and oxygen atoms in total. The summed E-state index contributed by atoms with van der Waals surface area (Å²) in [5.41, 5.74) is 1.70. The number of nitrogens with one attached hydrogen (secondary N) is 1. The van der Waals surface area contributed by atoms with Crippen molar-refractivity contribution in [2.45, 2.75) is 31.7 Å². The molecule has 1 N–H and O–H groups in total. The zero-order chi connectivity index (χ0) is 24.2. The highest BCUT2D eigenvalue weighted by atomic mass is 32.2. The molecule has 1 heterocycles. The van der Waals surface area contributed by atoms with Crippen molar-refractivity contribution in [2.24, 2.45) is 7.05 Å². The summed E-state index contributed by atoms with van der Waals surface area (Å²) in [6.45, 7) is 6.05. The summed E-state index contributed by atoms with van der Waals surface area (Å²) in [5.74, 6) is 0.834. The van der Waals surface area contributed by atoms with Crippen LogP contribution < -0.4 is 10.1 Å². The van der Waals surface area contributed by atoms with E-state index in [1.165, 1.54) is 16.4 Å². The Morgan fingerprint density at radius 1 is 1.18 bits per heavy atom. The van der Waals surface area contributed by atoms with Gasteiger partial charge in [0.25, 0.3) is 5.91 Å². The van der Waals surface area contributed by atoms with Crippen LogP contribution in [0.3, 0.4) is 0 Å². The predicted molar refractivity (Wildman–Crippen MR) is 127 cm³/mol. The normalized spacial score (nSPS) is 12.5. The van der Waals surface area contributed by atoms with E-state index in [1.807, 2.05) is 35.9 Å². The Hall–Kier alpha value is -3.17. The molecule has 3 rings (SSSR count). The summed E-state index contributed by atoms with van der Waals surface area (Å²) < 4.78 is 34.7. The van der Waals surface area contributed by atoms with Crippen LogP contribution in [0.15, 0.2) is 59.8 Å². The molecule has 0 aliphatic carbocycles. The first-order valence-corrected chi connectivity index (χ1v) is 12.2. The summed E-state index contributed by atoms with van der Waals surface area (Å²) in [6.07, 6.45) is 3.46. The number of methoxy groups -OCH3 is 1. The molecule has 1 atom stereocenters. The molecule has 1 amide bonds. The number of sulfonamides is 1. The van der Waals surface area contributed by atoms with Crippen LogP contribution in [0, 0.1) is 6.92 Å². The Kier molecular flexibility index (Phi) is 7.55. The summed E-state index contributed by atoms with van der Waals surface area (Å²) in [7, 11) is -0.280. The van der Waals surface area contributed by atoms with Gasteiger partial charge in [-0.15, -0.1) is 0 Å². The van der Waals surface area contributed by atoms with Crippen LogP contribution in [0.25, 0.3) is 0 Å². The lowest BCUT2D eigenvalue weighted by molar-refractivity contribution is 0.0940. The number of nitrogens with zero attached hydrogens (tertiary/aromatic N) is 3. The smallest absolute Gasteiger partial charge is 0.252 e. The topological polar surface area (TPSA) is 93.5 Å². The fourth-order valence-corrected chi connectivity index (χ4v) is 5.25. The van der Waals surface area contributed by atoms with E-state index in [2.05, 4.69) is 10.3 Å². The van der Waals surface area contributed by atoms with Gasteiger partial charge in [-0.1, -0.05) is 38.1 Å². The van der Waals surface area contributed by atoms with Crippen molar-refractivity contribution in [1.29, 1.82) is 0 Å². The number of imidazole rings is 1. The van der Waals surface area contributed by atoms with E-state index in [0.717, 1.165) is 5.56 Å². The molecule has 9 heteroatoms. The lowest BCUT2D eigenvalue weighted by Crippen LogP contribution is -2.33. The second-order valence-corrected chi connectivity index (χ2v) is 9.55. The first-order valence-electron chi connectivity index (χ1n) is 10.8. The van der Waals surface area contributed by atoms with Crippen molar-refractivity contribution in [1.82, 2.24) is 19.2 Å². The van der Waals surface area contributed by atoms with E-state index in [-0.39, 0.29) is 10.5 Å². The number of hydrogen-bond donors (Lipinski definition) is 1. The van der Waals surface area contributed by atoms with Gasteiger partial charge in [-0.2, -0.15) is 4.31 Å². The van der Waals surface area contributed by atoms with Gasteiger partial charge in [-0.05, 0) is 30.7 Å². The van der Waals surface area contributed by atoms with Gasteiger partial charge in [0.15, 0.2) is 0 Å². The number of rotatable bonds is 9. The number of carbonyl (C=O) groups is 1. The van der Waals surface area contributed by atoms with Gasteiger partial charge in [0.2, 0.25) is 10.0 Å². The van der Waals surface area contributed by atoms with E-state index < -0.39 is 22.0 Å². The van der Waals surface area contributed by atoms with Crippen LogP contribution in [0.2, 0.25) is 0 Å². The molecule has 3 aromatic rings. The Bertz CT molecular complexity index is 1230. The van der Waals surface area contributed by atoms with Crippen molar-refractivity contribution in [3.63, 3.8) is 0 Å². The van der Waals surface area contributed by atoms with Crippen molar-refractivity contribution in [3.8, 4) is 5.75 Å². The zero-order valence-electron chi connectivity index (χ0n) is 19.6. The molecule has 0 saturated heterocycles. The second kappa shape index (κ2) is 10.2. The Morgan fingerprint density at radius 2 is 1.88 bits per heavy atom. The van der Waals surface area contributed by atoms with Crippen LogP contribution in [0.4, 0.5) is 0 Å². The van der Waals surface area contributed by atoms with Gasteiger partial charge in [-0.3, -0.25) is 4.79 Å². The van der Waals surface area contributed by atoms with Gasteiger partial charge >= 0.3 is 0 Å². The molecule has 0 fully saturated rings. The van der Waals surface area contributed by atoms with Crippen molar-refractivity contribution >= 4 is 15.9 Å². The van der Waals surface area contributed by atoms with Crippen LogP contribution in [0.1, 0.15) is 47.2 Å². The van der Waals surface area contributed by atoms with E-state index in [9.17, 15) is 13.2 Å². The highest BCUT2D eigenvalue weighted by molar-refractivity contribution is 7.89. The second-order valence-electron chi connectivity index (χ2n) is 7.61. The molecule has 176 valence electrons. The Balaban J connectivity index is 2.04. The molecule has 1 unspecified atom stereocenters. The van der Waals surface area contributed by atoms with E-state index in [0.29, 0.717) is 30.2 Å². The maximum absolute atomic E-state index is 13.4. The Morgan fingerprint density at radius 3 is 2.48 bits per heavy atom. The standard InChI is InChI=1S/C24H30N4O4S/c1-6-28(7-2)33(30,31)18-13-12-17(3)20(16-18)24(29)26-22(23-25-14-15-27(23)4)19-10-8-9-11-21(19)32-5/h8-16,22H,6-7H2,1-5H3,(H,26,29). The molecule has 0 bridgehead atoms. The monoisotopic (exact) mass is 470 g/mol. The third-order valence-electron chi connectivity index (χ3n) is 5.64. The summed E-state index contributed by atoms with van der Waals surface area (Å²) in [6, 6.07) is 11.4. The maximum Gasteiger partial charge on any atom is 0.252 e. The lowest BCUT2D eigenvalue weighted by atomic mass is 10.0. The van der Waals surface area contributed by atoms with Crippen molar-refractivity contribution in [3.05, 3.63) is 77.4 Å². The molecule has 0 saturated carbocycles. The third kappa shape index (κ3) is 4.94. The third-order valence-corrected chi connectivity index (χ3v) is 7.68. The molecular formula is C24H30N4O4S. The van der Waals surface area contributed by atoms with Gasteiger partial charge in [0.1, 0.15) is 17.6 Å². The highest BCUT2D eigenvalue weighted by Gasteiger charge is 2.27. The average molecular weight is 471 g/mol. The van der Waals surface area contributed by atoms with E-state index in [1.54, 1.807) is 46.3 Å². The van der Waals surface area contributed by atoms with Gasteiger partial charge in [-0.25, -0.2) is 13.4 Å². The number of aryl methyl sites for hydroxylation is 2. The largest absolute Gasteiger partial charge is 0.496 e. The minimum Gasteiger partial charge on any atom is -0.496 e. The number of hydrogen-bond acceptors (Lipinski definition) is 5. The molecular weight excluding hydrogens is 440 g/mol. The van der Waals surface area contributed by atoms with Gasteiger partial charge in [0, 0.05) is 43.7 Å². The molecule has 2 aromatic carbocycles. The van der Waals surface area contributed by atoms with Crippen LogP contribution in [-0.4, -0.2) is 48.4 Å². The Labute approximate surface area is 195 Å². The molecule has 0 aliphatic rings. The molecule has 0 radical (unpaired) electrons. The van der Waals surface area contributed by atoms with Crippen molar-refractivity contribution < 1.29 is 17.9 Å². The summed E-state index contributed by atoms with van der Waals surface area (Å²) in [4.78, 5) is 18.0. The van der Waals surface area contributed by atoms with Gasteiger partial charge in [0.05, 0.1) is 12.0 Å². The number of aromatic nitrogens is 2. The van der Waals surface area contributed by atoms with Crippen LogP contribution in [-0.2, 0) is 17.1 Å². The predicted octanol–water partition coefficient (Wildman–Crippen LogP) is 3.29. The number of amides is 1. The van der Waals surface area contributed by atoms with E-state index in [4.69, 9.17) is 4.74 Å². The lowest BCUT2D eigenvalue weighted by Gasteiger charge is -2.22. The maximum atomic E-state index is 13.4. The SMILES string of the molecule is CCN(CC)S(=O)(=O)c1ccc(C)c(C(=O)NC(c2ccccc2OC)c2nccn2C)c1.